The smallest absolute Gasteiger partial charge is 0.336 e. The van der Waals surface area contributed by atoms with Gasteiger partial charge in [-0.1, -0.05) is 0 Å². The zero-order chi connectivity index (χ0) is 13.8. The molecule has 0 aromatic heterocycles. The molecule has 1 heterocycles. The number of carbonyl (C=O) groups is 1. The number of halogens is 1. The first-order valence-corrected chi connectivity index (χ1v) is 5.99. The van der Waals surface area contributed by atoms with Crippen LogP contribution in [-0.2, 0) is 14.3 Å². The van der Waals surface area contributed by atoms with Gasteiger partial charge in [0.2, 0.25) is 0 Å². The molecule has 0 radical (unpaired) electrons. The molecule has 0 bridgehead atoms. The van der Waals surface area contributed by atoms with Crippen LogP contribution in [0.25, 0.3) is 0 Å². The van der Waals surface area contributed by atoms with Crippen molar-refractivity contribution >= 4 is 5.97 Å². The van der Waals surface area contributed by atoms with Crippen LogP contribution in [0.15, 0.2) is 29.8 Å². The van der Waals surface area contributed by atoms with Gasteiger partial charge in [0, 0.05) is 11.6 Å². The second-order valence-electron chi connectivity index (χ2n) is 3.98. The molecule has 0 saturated carbocycles. The van der Waals surface area contributed by atoms with Crippen LogP contribution in [0.1, 0.15) is 18.6 Å². The first-order chi connectivity index (χ1) is 9.17. The van der Waals surface area contributed by atoms with Gasteiger partial charge in [-0.3, -0.25) is 0 Å². The quantitative estimate of drug-likeness (QED) is 0.785. The van der Waals surface area contributed by atoms with Gasteiger partial charge in [-0.25, -0.2) is 9.18 Å². The Morgan fingerprint density at radius 3 is 2.95 bits per heavy atom. The van der Waals surface area contributed by atoms with E-state index in [1.54, 1.807) is 25.1 Å². The Hall–Kier alpha value is -1.88. The molecule has 2 rings (SSSR count). The largest absolute Gasteiger partial charge is 0.497 e. The molecule has 19 heavy (non-hydrogen) atoms. The maximum atomic E-state index is 14.0. The highest BCUT2D eigenvalue weighted by Crippen LogP contribution is 2.33. The van der Waals surface area contributed by atoms with E-state index in [-0.39, 0.29) is 13.2 Å². The Balaban J connectivity index is 2.26. The number of hydrogen-bond donors (Lipinski definition) is 0. The van der Waals surface area contributed by atoms with Crippen LogP contribution in [0.5, 0.6) is 5.75 Å². The van der Waals surface area contributed by atoms with Gasteiger partial charge in [0.05, 0.1) is 25.9 Å². The topological polar surface area (TPSA) is 44.8 Å². The molecular weight excluding hydrogens is 251 g/mol. The highest BCUT2D eigenvalue weighted by molar-refractivity contribution is 5.90. The number of methoxy groups -OCH3 is 1. The molecule has 0 fully saturated rings. The molecule has 4 nitrogen and oxygen atoms in total. The predicted octanol–water partition coefficient (Wildman–Crippen LogP) is 2.40. The Morgan fingerprint density at radius 2 is 2.32 bits per heavy atom. The van der Waals surface area contributed by atoms with Crippen molar-refractivity contribution in [1.82, 2.24) is 0 Å². The lowest BCUT2D eigenvalue weighted by atomic mass is 10.0. The molecule has 1 unspecified atom stereocenters. The third-order valence-corrected chi connectivity index (χ3v) is 2.85. The lowest BCUT2D eigenvalue weighted by Gasteiger charge is -2.15. The molecule has 0 aliphatic carbocycles. The summed E-state index contributed by atoms with van der Waals surface area (Å²) in [4.78, 5) is 11.7. The lowest BCUT2D eigenvalue weighted by molar-refractivity contribution is -0.139. The number of esters is 1. The molecule has 0 saturated heterocycles. The van der Waals surface area contributed by atoms with Gasteiger partial charge in [0.25, 0.3) is 0 Å². The maximum absolute atomic E-state index is 14.0. The monoisotopic (exact) mass is 266 g/mol. The van der Waals surface area contributed by atoms with Crippen molar-refractivity contribution in [3.05, 3.63) is 41.2 Å². The SMILES string of the molecule is CCOC(=O)C1=CCOC1c1ccc(OC)cc1F. The molecule has 1 atom stereocenters. The molecule has 0 N–H and O–H groups in total. The Bertz CT molecular complexity index is 510. The van der Waals surface area contributed by atoms with Crippen LogP contribution in [-0.4, -0.2) is 26.3 Å². The van der Waals surface area contributed by atoms with E-state index >= 15 is 0 Å². The average Bonchev–Trinajstić information content (AvgIpc) is 2.88. The number of hydrogen-bond acceptors (Lipinski definition) is 4. The number of rotatable bonds is 4. The van der Waals surface area contributed by atoms with Crippen molar-refractivity contribution in [2.24, 2.45) is 0 Å². The summed E-state index contributed by atoms with van der Waals surface area (Å²) in [5.74, 6) is -0.525. The van der Waals surface area contributed by atoms with Gasteiger partial charge in [-0.2, -0.15) is 0 Å². The van der Waals surface area contributed by atoms with Gasteiger partial charge in [0.1, 0.15) is 17.7 Å². The highest BCUT2D eigenvalue weighted by Gasteiger charge is 2.30. The van der Waals surface area contributed by atoms with E-state index < -0.39 is 17.9 Å². The molecule has 102 valence electrons. The Kier molecular flexibility index (Phi) is 4.16. The van der Waals surface area contributed by atoms with Crippen LogP contribution >= 0.6 is 0 Å². The summed E-state index contributed by atoms with van der Waals surface area (Å²) < 4.78 is 29.2. The fraction of sp³-hybridized carbons (Fsp3) is 0.357. The number of benzene rings is 1. The minimum absolute atomic E-state index is 0.268. The summed E-state index contributed by atoms with van der Waals surface area (Å²) in [6.07, 6.45) is 0.900. The average molecular weight is 266 g/mol. The lowest BCUT2D eigenvalue weighted by Crippen LogP contribution is -2.14. The first kappa shape index (κ1) is 13.5. The van der Waals surface area contributed by atoms with Crippen molar-refractivity contribution in [2.45, 2.75) is 13.0 Å². The second kappa shape index (κ2) is 5.84. The highest BCUT2D eigenvalue weighted by atomic mass is 19.1. The van der Waals surface area contributed by atoms with E-state index in [0.29, 0.717) is 16.9 Å². The van der Waals surface area contributed by atoms with Crippen molar-refractivity contribution < 1.29 is 23.4 Å². The molecule has 1 aliphatic heterocycles. The van der Waals surface area contributed by atoms with Crippen LogP contribution < -0.4 is 4.74 Å². The minimum atomic E-state index is -0.718. The Morgan fingerprint density at radius 1 is 1.53 bits per heavy atom. The van der Waals surface area contributed by atoms with Crippen LogP contribution in [0, 0.1) is 5.82 Å². The third kappa shape index (κ3) is 2.76. The van der Waals surface area contributed by atoms with Gasteiger partial charge < -0.3 is 14.2 Å². The van der Waals surface area contributed by atoms with Crippen molar-refractivity contribution in [1.29, 1.82) is 0 Å². The first-order valence-electron chi connectivity index (χ1n) is 5.99. The molecule has 1 aromatic rings. The van der Waals surface area contributed by atoms with E-state index in [1.165, 1.54) is 13.2 Å². The summed E-state index contributed by atoms with van der Waals surface area (Å²) in [5, 5.41) is 0. The number of carbonyl (C=O) groups excluding carboxylic acids is 1. The third-order valence-electron chi connectivity index (χ3n) is 2.85. The van der Waals surface area contributed by atoms with E-state index in [9.17, 15) is 9.18 Å². The normalized spacial score (nSPS) is 18.1. The summed E-state index contributed by atoms with van der Waals surface area (Å²) >= 11 is 0. The van der Waals surface area contributed by atoms with Gasteiger partial charge in [0.15, 0.2) is 0 Å². The summed E-state index contributed by atoms with van der Waals surface area (Å²) in [6, 6.07) is 4.44. The molecule has 0 spiro atoms. The van der Waals surface area contributed by atoms with Gasteiger partial charge in [-0.05, 0) is 25.1 Å². The maximum Gasteiger partial charge on any atom is 0.336 e. The summed E-state index contributed by atoms with van der Waals surface area (Å²) in [6.45, 7) is 2.26. The van der Waals surface area contributed by atoms with E-state index in [0.717, 1.165) is 0 Å². The fourth-order valence-corrected chi connectivity index (χ4v) is 1.94. The van der Waals surface area contributed by atoms with Crippen molar-refractivity contribution in [3.63, 3.8) is 0 Å². The summed E-state index contributed by atoms with van der Waals surface area (Å²) in [5.41, 5.74) is 0.642. The molecule has 0 amide bonds. The second-order valence-corrected chi connectivity index (χ2v) is 3.98. The fourth-order valence-electron chi connectivity index (χ4n) is 1.94. The minimum Gasteiger partial charge on any atom is -0.497 e. The van der Waals surface area contributed by atoms with Crippen LogP contribution in [0.3, 0.4) is 0 Å². The van der Waals surface area contributed by atoms with Gasteiger partial charge in [-0.15, -0.1) is 0 Å². The standard InChI is InChI=1S/C14H15FO4/c1-3-18-14(16)11-6-7-19-13(11)10-5-4-9(17-2)8-12(10)15/h4-6,8,13H,3,7H2,1-2H3. The molecular formula is C14H15FO4. The van der Waals surface area contributed by atoms with Crippen LogP contribution in [0.2, 0.25) is 0 Å². The predicted molar refractivity (Wildman–Crippen MR) is 66.4 cm³/mol. The molecule has 1 aliphatic rings. The van der Waals surface area contributed by atoms with E-state index in [2.05, 4.69) is 0 Å². The Labute approximate surface area is 110 Å². The van der Waals surface area contributed by atoms with Crippen LogP contribution in [0.4, 0.5) is 4.39 Å². The van der Waals surface area contributed by atoms with E-state index in [1.807, 2.05) is 0 Å². The van der Waals surface area contributed by atoms with Crippen molar-refractivity contribution in [3.8, 4) is 5.75 Å². The van der Waals surface area contributed by atoms with E-state index in [4.69, 9.17) is 14.2 Å². The molecule has 5 heteroatoms. The zero-order valence-corrected chi connectivity index (χ0v) is 10.8. The van der Waals surface area contributed by atoms with Crippen molar-refractivity contribution in [2.75, 3.05) is 20.3 Å². The molecule has 1 aromatic carbocycles. The van der Waals surface area contributed by atoms with Gasteiger partial charge >= 0.3 is 5.97 Å². The zero-order valence-electron chi connectivity index (χ0n) is 10.8. The summed E-state index contributed by atoms with van der Waals surface area (Å²) in [7, 11) is 1.46. The number of ether oxygens (including phenoxy) is 3.